The molecule has 162 valence electrons. The Morgan fingerprint density at radius 3 is 2.44 bits per heavy atom. The molecule has 0 unspecified atom stereocenters. The summed E-state index contributed by atoms with van der Waals surface area (Å²) in [5.41, 5.74) is 2.11. The van der Waals surface area contributed by atoms with E-state index in [0.29, 0.717) is 34.2 Å². The van der Waals surface area contributed by atoms with Gasteiger partial charge in [0.1, 0.15) is 5.82 Å². The molecule has 8 heteroatoms. The number of halogens is 2. The van der Waals surface area contributed by atoms with Crippen LogP contribution in [0.5, 0.6) is 0 Å². The van der Waals surface area contributed by atoms with Crippen molar-refractivity contribution in [3.05, 3.63) is 105 Å². The molecule has 0 fully saturated rings. The van der Waals surface area contributed by atoms with Crippen molar-refractivity contribution >= 4 is 40.2 Å². The number of para-hydroxylation sites is 1. The van der Waals surface area contributed by atoms with Crippen molar-refractivity contribution in [2.24, 2.45) is 0 Å². The summed E-state index contributed by atoms with van der Waals surface area (Å²) in [5.74, 6) is -0.441. The summed E-state index contributed by atoms with van der Waals surface area (Å²) in [6.07, 6.45) is 0. The van der Waals surface area contributed by atoms with Gasteiger partial charge in [0.25, 0.3) is 5.56 Å². The zero-order chi connectivity index (χ0) is 22.5. The molecule has 3 aromatic carbocycles. The molecule has 0 aliphatic rings. The zero-order valence-electron chi connectivity index (χ0n) is 16.9. The van der Waals surface area contributed by atoms with Crippen LogP contribution in [-0.4, -0.2) is 21.2 Å². The van der Waals surface area contributed by atoms with Gasteiger partial charge in [-0.1, -0.05) is 59.8 Å². The number of aromatic nitrogens is 2. The molecule has 1 amide bonds. The van der Waals surface area contributed by atoms with Gasteiger partial charge in [0.2, 0.25) is 5.91 Å². The molecule has 1 N–H and O–H groups in total. The number of fused-ring (bicyclic) bond motifs is 1. The van der Waals surface area contributed by atoms with E-state index >= 15 is 0 Å². The van der Waals surface area contributed by atoms with Gasteiger partial charge in [-0.25, -0.2) is 9.37 Å². The second-order valence-electron chi connectivity index (χ2n) is 7.12. The van der Waals surface area contributed by atoms with Gasteiger partial charge in [-0.2, -0.15) is 0 Å². The van der Waals surface area contributed by atoms with Gasteiger partial charge in [0.15, 0.2) is 5.16 Å². The molecule has 0 saturated carbocycles. The third-order valence-corrected chi connectivity index (χ3v) is 6.04. The molecule has 1 heterocycles. The van der Waals surface area contributed by atoms with Crippen LogP contribution in [-0.2, 0) is 17.9 Å². The van der Waals surface area contributed by atoms with Crippen molar-refractivity contribution in [2.75, 3.05) is 5.75 Å². The standard InChI is InChI=1S/C24H19ClFN3O2S/c25-18-9-5-17(6-10-18)14-29-23(31)20-3-1-2-4-21(20)28-24(29)32-15-22(30)27-13-16-7-11-19(26)12-8-16/h1-12H,13-15H2,(H,27,30). The van der Waals surface area contributed by atoms with Crippen molar-refractivity contribution in [1.29, 1.82) is 0 Å². The van der Waals surface area contributed by atoms with Gasteiger partial charge in [0.05, 0.1) is 23.2 Å². The lowest BCUT2D eigenvalue weighted by Gasteiger charge is -2.13. The minimum atomic E-state index is -0.323. The summed E-state index contributed by atoms with van der Waals surface area (Å²) in [5, 5.41) is 4.40. The molecular formula is C24H19ClFN3O2S. The van der Waals surface area contributed by atoms with Crippen LogP contribution in [0, 0.1) is 5.82 Å². The molecular weight excluding hydrogens is 449 g/mol. The Morgan fingerprint density at radius 2 is 1.69 bits per heavy atom. The first kappa shape index (κ1) is 22.0. The normalized spacial score (nSPS) is 10.9. The fraction of sp³-hybridized carbons (Fsp3) is 0.125. The number of hydrogen-bond acceptors (Lipinski definition) is 4. The first-order valence-corrected chi connectivity index (χ1v) is 11.2. The van der Waals surface area contributed by atoms with Crippen LogP contribution in [0.15, 0.2) is 82.7 Å². The Labute approximate surface area is 193 Å². The highest BCUT2D eigenvalue weighted by Gasteiger charge is 2.14. The maximum Gasteiger partial charge on any atom is 0.262 e. The molecule has 0 aliphatic heterocycles. The Morgan fingerprint density at radius 1 is 1.00 bits per heavy atom. The van der Waals surface area contributed by atoms with E-state index in [9.17, 15) is 14.0 Å². The van der Waals surface area contributed by atoms with E-state index in [4.69, 9.17) is 11.6 Å². The van der Waals surface area contributed by atoms with E-state index in [1.54, 1.807) is 47.0 Å². The van der Waals surface area contributed by atoms with Crippen molar-refractivity contribution in [3.63, 3.8) is 0 Å². The van der Waals surface area contributed by atoms with Gasteiger partial charge in [-0.05, 0) is 47.5 Å². The summed E-state index contributed by atoms with van der Waals surface area (Å²) < 4.78 is 14.6. The van der Waals surface area contributed by atoms with Gasteiger partial charge in [-0.15, -0.1) is 0 Å². The zero-order valence-corrected chi connectivity index (χ0v) is 18.5. The third-order valence-electron chi connectivity index (χ3n) is 4.82. The molecule has 0 bridgehead atoms. The summed E-state index contributed by atoms with van der Waals surface area (Å²) in [6, 6.07) is 20.3. The molecule has 0 aliphatic carbocycles. The lowest BCUT2D eigenvalue weighted by Crippen LogP contribution is -2.27. The van der Waals surface area contributed by atoms with Crippen LogP contribution in [0.4, 0.5) is 4.39 Å². The number of benzene rings is 3. The van der Waals surface area contributed by atoms with Crippen molar-refractivity contribution in [1.82, 2.24) is 14.9 Å². The third kappa shape index (κ3) is 5.36. The van der Waals surface area contributed by atoms with E-state index in [0.717, 1.165) is 11.1 Å². The molecule has 32 heavy (non-hydrogen) atoms. The second kappa shape index (κ2) is 9.97. The van der Waals surface area contributed by atoms with Gasteiger partial charge in [-0.3, -0.25) is 14.2 Å². The average molecular weight is 468 g/mol. The first-order chi connectivity index (χ1) is 15.5. The van der Waals surface area contributed by atoms with Gasteiger partial charge >= 0.3 is 0 Å². The number of hydrogen-bond donors (Lipinski definition) is 1. The van der Waals surface area contributed by atoms with Crippen LogP contribution < -0.4 is 10.9 Å². The molecule has 4 rings (SSSR count). The lowest BCUT2D eigenvalue weighted by molar-refractivity contribution is -0.118. The second-order valence-corrected chi connectivity index (χ2v) is 8.50. The number of amides is 1. The predicted octanol–water partition coefficient (Wildman–Crippen LogP) is 4.65. The summed E-state index contributed by atoms with van der Waals surface area (Å²) in [7, 11) is 0. The maximum atomic E-state index is 13.2. The quantitative estimate of drug-likeness (QED) is 0.317. The highest BCUT2D eigenvalue weighted by molar-refractivity contribution is 7.99. The molecule has 0 radical (unpaired) electrons. The van der Waals surface area contributed by atoms with Crippen LogP contribution >= 0.6 is 23.4 Å². The topological polar surface area (TPSA) is 64.0 Å². The van der Waals surface area contributed by atoms with Crippen molar-refractivity contribution < 1.29 is 9.18 Å². The van der Waals surface area contributed by atoms with E-state index in [-0.39, 0.29) is 23.0 Å². The first-order valence-electron chi connectivity index (χ1n) is 9.87. The fourth-order valence-corrected chi connectivity index (χ4v) is 4.11. The van der Waals surface area contributed by atoms with Crippen LogP contribution in [0.3, 0.4) is 0 Å². The van der Waals surface area contributed by atoms with Gasteiger partial charge in [0, 0.05) is 11.6 Å². The van der Waals surface area contributed by atoms with Crippen molar-refractivity contribution in [3.8, 4) is 0 Å². The summed E-state index contributed by atoms with van der Waals surface area (Å²) in [4.78, 5) is 30.2. The average Bonchev–Trinajstić information content (AvgIpc) is 2.80. The Bertz CT molecular complexity index is 1310. The SMILES string of the molecule is O=C(CSc1nc2ccccc2c(=O)n1Cc1ccc(Cl)cc1)NCc1ccc(F)cc1. The minimum absolute atomic E-state index is 0.0899. The largest absolute Gasteiger partial charge is 0.351 e. The summed E-state index contributed by atoms with van der Waals surface area (Å²) >= 11 is 7.17. The van der Waals surface area contributed by atoms with Gasteiger partial charge < -0.3 is 5.32 Å². The Kier molecular flexibility index (Phi) is 6.87. The molecule has 0 spiro atoms. The van der Waals surface area contributed by atoms with Crippen LogP contribution in [0.25, 0.3) is 10.9 Å². The molecule has 0 atom stereocenters. The monoisotopic (exact) mass is 467 g/mol. The lowest BCUT2D eigenvalue weighted by atomic mass is 10.2. The number of nitrogens with one attached hydrogen (secondary N) is 1. The number of thioether (sulfide) groups is 1. The molecule has 0 saturated heterocycles. The number of carbonyl (C=O) groups excluding carboxylic acids is 1. The van der Waals surface area contributed by atoms with Crippen LogP contribution in [0.1, 0.15) is 11.1 Å². The molecule has 4 aromatic rings. The van der Waals surface area contributed by atoms with E-state index < -0.39 is 0 Å². The van der Waals surface area contributed by atoms with Crippen molar-refractivity contribution in [2.45, 2.75) is 18.2 Å². The summed E-state index contributed by atoms with van der Waals surface area (Å²) in [6.45, 7) is 0.607. The highest BCUT2D eigenvalue weighted by Crippen LogP contribution is 2.19. The van der Waals surface area contributed by atoms with E-state index in [1.165, 1.54) is 23.9 Å². The fourth-order valence-electron chi connectivity index (χ4n) is 3.15. The smallest absolute Gasteiger partial charge is 0.262 e. The molecule has 1 aromatic heterocycles. The number of carbonyl (C=O) groups is 1. The number of rotatable bonds is 7. The minimum Gasteiger partial charge on any atom is -0.351 e. The highest BCUT2D eigenvalue weighted by atomic mass is 35.5. The molecule has 5 nitrogen and oxygen atoms in total. The number of nitrogens with zero attached hydrogens (tertiary/aromatic N) is 2. The Hall–Kier alpha value is -3.16. The predicted molar refractivity (Wildman–Crippen MR) is 126 cm³/mol. The Balaban J connectivity index is 1.53. The van der Waals surface area contributed by atoms with Crippen LogP contribution in [0.2, 0.25) is 5.02 Å². The maximum absolute atomic E-state index is 13.2. The van der Waals surface area contributed by atoms with E-state index in [2.05, 4.69) is 10.3 Å². The van der Waals surface area contributed by atoms with E-state index in [1.807, 2.05) is 18.2 Å².